The molecule has 18 heavy (non-hydrogen) atoms. The first-order valence-electron chi connectivity index (χ1n) is 5.92. The minimum absolute atomic E-state index is 0.134. The molecule has 0 saturated carbocycles. The first kappa shape index (κ1) is 13.0. The number of rotatable bonds is 1. The zero-order valence-electron chi connectivity index (χ0n) is 10.2. The van der Waals surface area contributed by atoms with Gasteiger partial charge in [-0.25, -0.2) is 4.98 Å². The molecule has 0 atom stereocenters. The van der Waals surface area contributed by atoms with E-state index in [1.165, 1.54) is 0 Å². The van der Waals surface area contributed by atoms with E-state index in [1.807, 2.05) is 4.90 Å². The second kappa shape index (κ2) is 4.66. The minimum Gasteiger partial charge on any atom is -0.397 e. The van der Waals surface area contributed by atoms with Gasteiger partial charge in [0.1, 0.15) is 5.82 Å². The first-order chi connectivity index (χ1) is 8.38. The first-order valence-corrected chi connectivity index (χ1v) is 5.92. The lowest BCUT2D eigenvalue weighted by atomic mass is 9.96. The molecule has 1 aromatic heterocycles. The van der Waals surface area contributed by atoms with E-state index < -0.39 is 12.1 Å². The molecule has 1 saturated heterocycles. The van der Waals surface area contributed by atoms with Crippen LogP contribution in [0.1, 0.15) is 18.5 Å². The Morgan fingerprint density at radius 2 is 1.89 bits per heavy atom. The third-order valence-corrected chi connectivity index (χ3v) is 3.39. The van der Waals surface area contributed by atoms with Crippen molar-refractivity contribution >= 4 is 11.5 Å². The summed E-state index contributed by atoms with van der Waals surface area (Å²) in [6.07, 6.45) is -3.81. The van der Waals surface area contributed by atoms with Crippen molar-refractivity contribution in [3.63, 3.8) is 0 Å². The molecule has 0 radical (unpaired) electrons. The van der Waals surface area contributed by atoms with Crippen molar-refractivity contribution in [1.29, 1.82) is 0 Å². The molecule has 0 amide bonds. The number of nitrogens with zero attached hydrogens (tertiary/aromatic N) is 2. The van der Waals surface area contributed by atoms with Gasteiger partial charge in [0.2, 0.25) is 0 Å². The summed E-state index contributed by atoms with van der Waals surface area (Å²) >= 11 is 0. The van der Waals surface area contributed by atoms with Crippen LogP contribution in [0.2, 0.25) is 0 Å². The Balaban J connectivity index is 2.03. The summed E-state index contributed by atoms with van der Waals surface area (Å²) in [5.41, 5.74) is 6.98. The van der Waals surface area contributed by atoms with Gasteiger partial charge in [-0.15, -0.1) is 0 Å². The van der Waals surface area contributed by atoms with Crippen LogP contribution in [-0.2, 0) is 0 Å². The van der Waals surface area contributed by atoms with Gasteiger partial charge in [-0.3, -0.25) is 0 Å². The molecule has 100 valence electrons. The highest BCUT2D eigenvalue weighted by atomic mass is 19.4. The summed E-state index contributed by atoms with van der Waals surface area (Å²) in [6.45, 7) is 2.57. The van der Waals surface area contributed by atoms with Crippen LogP contribution in [0.15, 0.2) is 12.1 Å². The smallest absolute Gasteiger partial charge is 0.391 e. The van der Waals surface area contributed by atoms with Crippen molar-refractivity contribution in [3.05, 3.63) is 17.8 Å². The SMILES string of the molecule is Cc1nc(N2CCC(C(F)(F)F)CC2)ccc1N. The highest BCUT2D eigenvalue weighted by Gasteiger charge is 2.41. The van der Waals surface area contributed by atoms with Gasteiger partial charge in [-0.2, -0.15) is 13.2 Å². The van der Waals surface area contributed by atoms with Crippen molar-refractivity contribution in [2.24, 2.45) is 5.92 Å². The van der Waals surface area contributed by atoms with E-state index >= 15 is 0 Å². The van der Waals surface area contributed by atoms with Crippen molar-refractivity contribution in [1.82, 2.24) is 4.98 Å². The molecule has 0 aromatic carbocycles. The second-order valence-electron chi connectivity index (χ2n) is 4.65. The molecule has 0 bridgehead atoms. The summed E-state index contributed by atoms with van der Waals surface area (Å²) in [7, 11) is 0. The lowest BCUT2D eigenvalue weighted by Gasteiger charge is -2.33. The standard InChI is InChI=1S/C12H16F3N3/c1-8-10(16)2-3-11(17-8)18-6-4-9(5-7-18)12(13,14)15/h2-3,9H,4-7,16H2,1H3. The molecule has 1 fully saturated rings. The van der Waals surface area contributed by atoms with Gasteiger partial charge in [-0.05, 0) is 31.9 Å². The maximum Gasteiger partial charge on any atom is 0.391 e. The summed E-state index contributed by atoms with van der Waals surface area (Å²) in [5, 5.41) is 0. The van der Waals surface area contributed by atoms with E-state index in [1.54, 1.807) is 19.1 Å². The third kappa shape index (κ3) is 2.68. The Bertz CT molecular complexity index is 423. The Morgan fingerprint density at radius 1 is 1.28 bits per heavy atom. The largest absolute Gasteiger partial charge is 0.397 e. The van der Waals surface area contributed by atoms with E-state index in [2.05, 4.69) is 4.98 Å². The molecule has 2 N–H and O–H groups in total. The summed E-state index contributed by atoms with van der Waals surface area (Å²) < 4.78 is 37.6. The van der Waals surface area contributed by atoms with Crippen LogP contribution in [-0.4, -0.2) is 24.2 Å². The molecule has 6 heteroatoms. The fraction of sp³-hybridized carbons (Fsp3) is 0.583. The van der Waals surface area contributed by atoms with Gasteiger partial charge in [0.05, 0.1) is 17.3 Å². The maximum atomic E-state index is 12.5. The fourth-order valence-electron chi connectivity index (χ4n) is 2.17. The van der Waals surface area contributed by atoms with Gasteiger partial charge < -0.3 is 10.6 Å². The van der Waals surface area contributed by atoms with Gasteiger partial charge in [-0.1, -0.05) is 0 Å². The molecule has 1 aliphatic rings. The van der Waals surface area contributed by atoms with Crippen LogP contribution in [0.25, 0.3) is 0 Å². The lowest BCUT2D eigenvalue weighted by Crippen LogP contribution is -2.39. The van der Waals surface area contributed by atoms with Crippen molar-refractivity contribution < 1.29 is 13.2 Å². The van der Waals surface area contributed by atoms with Crippen LogP contribution in [0, 0.1) is 12.8 Å². The van der Waals surface area contributed by atoms with Gasteiger partial charge in [0.25, 0.3) is 0 Å². The molecule has 1 aliphatic heterocycles. The molecule has 2 heterocycles. The zero-order chi connectivity index (χ0) is 13.3. The van der Waals surface area contributed by atoms with Crippen molar-refractivity contribution in [2.45, 2.75) is 25.9 Å². The van der Waals surface area contributed by atoms with E-state index in [4.69, 9.17) is 5.73 Å². The number of halogens is 3. The molecule has 0 aliphatic carbocycles. The van der Waals surface area contributed by atoms with E-state index in [0.717, 1.165) is 0 Å². The molecule has 1 aromatic rings. The Kier molecular flexibility index (Phi) is 3.36. The predicted octanol–water partition coefficient (Wildman–Crippen LogP) is 2.75. The van der Waals surface area contributed by atoms with E-state index in [-0.39, 0.29) is 12.8 Å². The van der Waals surface area contributed by atoms with Crippen molar-refractivity contribution in [3.8, 4) is 0 Å². The molecule has 0 spiro atoms. The number of hydrogen-bond donors (Lipinski definition) is 1. The number of alkyl halides is 3. The Hall–Kier alpha value is -1.46. The number of anilines is 2. The summed E-state index contributed by atoms with van der Waals surface area (Å²) in [5.74, 6) is -0.467. The fourth-order valence-corrected chi connectivity index (χ4v) is 2.17. The molecular weight excluding hydrogens is 243 g/mol. The quantitative estimate of drug-likeness (QED) is 0.843. The second-order valence-corrected chi connectivity index (χ2v) is 4.65. The van der Waals surface area contributed by atoms with E-state index in [9.17, 15) is 13.2 Å². The van der Waals surface area contributed by atoms with Crippen molar-refractivity contribution in [2.75, 3.05) is 23.7 Å². The minimum atomic E-state index is -4.07. The van der Waals surface area contributed by atoms with Crippen LogP contribution in [0.5, 0.6) is 0 Å². The Morgan fingerprint density at radius 3 is 2.39 bits per heavy atom. The van der Waals surface area contributed by atoms with Gasteiger partial charge >= 0.3 is 6.18 Å². The average Bonchev–Trinajstić information content (AvgIpc) is 2.32. The number of pyridine rings is 1. The molecule has 0 unspecified atom stereocenters. The van der Waals surface area contributed by atoms with Crippen LogP contribution in [0.3, 0.4) is 0 Å². The number of aryl methyl sites for hydroxylation is 1. The Labute approximate surface area is 104 Å². The highest BCUT2D eigenvalue weighted by molar-refractivity contribution is 5.50. The predicted molar refractivity (Wildman–Crippen MR) is 64.4 cm³/mol. The molecular formula is C12H16F3N3. The number of nitrogens with two attached hydrogens (primary N) is 1. The average molecular weight is 259 g/mol. The zero-order valence-corrected chi connectivity index (χ0v) is 10.2. The van der Waals surface area contributed by atoms with Crippen LogP contribution < -0.4 is 10.6 Å². The lowest BCUT2D eigenvalue weighted by molar-refractivity contribution is -0.179. The van der Waals surface area contributed by atoms with Gasteiger partial charge in [0.15, 0.2) is 0 Å². The number of hydrogen-bond acceptors (Lipinski definition) is 3. The molecule has 2 rings (SSSR count). The summed E-state index contributed by atoms with van der Waals surface area (Å²) in [4.78, 5) is 6.19. The number of piperidine rings is 1. The summed E-state index contributed by atoms with van der Waals surface area (Å²) in [6, 6.07) is 3.50. The monoisotopic (exact) mass is 259 g/mol. The molecule has 3 nitrogen and oxygen atoms in total. The van der Waals surface area contributed by atoms with E-state index in [0.29, 0.717) is 30.3 Å². The van der Waals surface area contributed by atoms with Crippen LogP contribution >= 0.6 is 0 Å². The number of nitrogen functional groups attached to an aromatic ring is 1. The maximum absolute atomic E-state index is 12.5. The topological polar surface area (TPSA) is 42.2 Å². The third-order valence-electron chi connectivity index (χ3n) is 3.39. The normalized spacial score (nSPS) is 18.1. The van der Waals surface area contributed by atoms with Crippen LogP contribution in [0.4, 0.5) is 24.7 Å². The number of aromatic nitrogens is 1. The van der Waals surface area contributed by atoms with Gasteiger partial charge in [0, 0.05) is 13.1 Å². The highest BCUT2D eigenvalue weighted by Crippen LogP contribution is 2.35.